The number of allylic oxidation sites excluding steroid dienone is 2. The molecule has 96 valence electrons. The molecule has 0 bridgehead atoms. The van der Waals surface area contributed by atoms with Gasteiger partial charge < -0.3 is 4.74 Å². The number of ether oxygens (including phenoxy) is 1. The van der Waals surface area contributed by atoms with Gasteiger partial charge >= 0.3 is 5.97 Å². The summed E-state index contributed by atoms with van der Waals surface area (Å²) < 4.78 is 6.36. The molecule has 1 aliphatic carbocycles. The number of benzene rings is 1. The Morgan fingerprint density at radius 2 is 2.17 bits per heavy atom. The number of halogens is 1. The van der Waals surface area contributed by atoms with E-state index in [2.05, 4.69) is 22.0 Å². The van der Waals surface area contributed by atoms with Crippen molar-refractivity contribution in [3.8, 4) is 0 Å². The fourth-order valence-corrected chi connectivity index (χ4v) is 3.07. The summed E-state index contributed by atoms with van der Waals surface area (Å²) in [5.41, 5.74) is 4.20. The number of hydrogen-bond donors (Lipinski definition) is 0. The highest BCUT2D eigenvalue weighted by atomic mass is 79.9. The van der Waals surface area contributed by atoms with Gasteiger partial charge in [0.2, 0.25) is 0 Å². The molecular formula is C15H17BrO2. The van der Waals surface area contributed by atoms with Gasteiger partial charge in [-0.3, -0.25) is 0 Å². The van der Waals surface area contributed by atoms with Crippen molar-refractivity contribution in [2.24, 2.45) is 0 Å². The Kier molecular flexibility index (Phi) is 4.23. The number of esters is 1. The molecule has 0 fully saturated rings. The number of rotatable bonds is 3. The molecule has 1 aromatic rings. The van der Waals surface area contributed by atoms with Gasteiger partial charge in [-0.15, -0.1) is 0 Å². The Bertz CT molecular complexity index is 503. The Labute approximate surface area is 116 Å². The lowest BCUT2D eigenvalue weighted by atomic mass is 9.96. The highest BCUT2D eigenvalue weighted by Gasteiger charge is 2.19. The van der Waals surface area contributed by atoms with E-state index in [1.807, 2.05) is 26.0 Å². The summed E-state index contributed by atoms with van der Waals surface area (Å²) in [6.45, 7) is 4.23. The predicted molar refractivity (Wildman–Crippen MR) is 76.8 cm³/mol. The molecule has 0 N–H and O–H groups in total. The zero-order valence-electron chi connectivity index (χ0n) is 10.8. The fourth-order valence-electron chi connectivity index (χ4n) is 2.38. The van der Waals surface area contributed by atoms with E-state index in [9.17, 15) is 4.79 Å². The first-order valence-electron chi connectivity index (χ1n) is 6.29. The predicted octanol–water partition coefficient (Wildman–Crippen LogP) is 4.46. The Balaban J connectivity index is 2.42. The molecule has 1 aromatic carbocycles. The standard InChI is InChI=1S/C15H17BrO2/c1-3-18-15(17)12-7-4-6-11(10(12)2)13-8-5-9-14(13)16/h4,6-7H,3,5,8-9H2,1-2H3. The smallest absolute Gasteiger partial charge is 0.338 e. The van der Waals surface area contributed by atoms with Crippen molar-refractivity contribution in [1.82, 2.24) is 0 Å². The molecule has 2 nitrogen and oxygen atoms in total. The monoisotopic (exact) mass is 308 g/mol. The van der Waals surface area contributed by atoms with Gasteiger partial charge in [-0.1, -0.05) is 28.1 Å². The van der Waals surface area contributed by atoms with Crippen molar-refractivity contribution in [1.29, 1.82) is 0 Å². The van der Waals surface area contributed by atoms with Gasteiger partial charge in [-0.25, -0.2) is 4.79 Å². The van der Waals surface area contributed by atoms with Crippen LogP contribution in [0.3, 0.4) is 0 Å². The third kappa shape index (κ3) is 2.51. The molecule has 18 heavy (non-hydrogen) atoms. The summed E-state index contributed by atoms with van der Waals surface area (Å²) in [6.07, 6.45) is 3.35. The first-order chi connectivity index (χ1) is 8.65. The maximum atomic E-state index is 11.9. The van der Waals surface area contributed by atoms with Crippen LogP contribution in [0, 0.1) is 6.92 Å². The summed E-state index contributed by atoms with van der Waals surface area (Å²) in [5.74, 6) is -0.230. The van der Waals surface area contributed by atoms with Crippen LogP contribution in [0.25, 0.3) is 5.57 Å². The van der Waals surface area contributed by atoms with Gasteiger partial charge in [0.15, 0.2) is 0 Å². The normalized spacial score (nSPS) is 15.1. The van der Waals surface area contributed by atoms with Crippen molar-refractivity contribution >= 4 is 27.5 Å². The van der Waals surface area contributed by atoms with Gasteiger partial charge in [0.1, 0.15) is 0 Å². The van der Waals surface area contributed by atoms with Crippen molar-refractivity contribution in [3.63, 3.8) is 0 Å². The molecule has 0 atom stereocenters. The maximum absolute atomic E-state index is 11.9. The van der Waals surface area contributed by atoms with Crippen molar-refractivity contribution in [2.45, 2.75) is 33.1 Å². The van der Waals surface area contributed by atoms with Crippen LogP contribution in [0.15, 0.2) is 22.7 Å². The summed E-state index contributed by atoms with van der Waals surface area (Å²) in [7, 11) is 0. The second-order valence-electron chi connectivity index (χ2n) is 4.44. The van der Waals surface area contributed by atoms with E-state index < -0.39 is 0 Å². The summed E-state index contributed by atoms with van der Waals surface area (Å²) in [6, 6.07) is 5.85. The van der Waals surface area contributed by atoms with E-state index in [0.29, 0.717) is 12.2 Å². The van der Waals surface area contributed by atoms with Gasteiger partial charge in [-0.2, -0.15) is 0 Å². The molecule has 2 rings (SSSR count). The molecule has 0 heterocycles. The van der Waals surface area contributed by atoms with E-state index in [1.165, 1.54) is 22.0 Å². The van der Waals surface area contributed by atoms with Crippen molar-refractivity contribution in [2.75, 3.05) is 6.61 Å². The fraction of sp³-hybridized carbons (Fsp3) is 0.400. The molecule has 3 heteroatoms. The summed E-state index contributed by atoms with van der Waals surface area (Å²) in [5, 5.41) is 0. The molecule has 0 amide bonds. The molecule has 0 saturated carbocycles. The van der Waals surface area contributed by atoms with E-state index in [1.54, 1.807) is 0 Å². The van der Waals surface area contributed by atoms with E-state index in [4.69, 9.17) is 4.74 Å². The molecule has 0 saturated heterocycles. The lowest BCUT2D eigenvalue weighted by molar-refractivity contribution is 0.0525. The largest absolute Gasteiger partial charge is 0.462 e. The molecule has 0 spiro atoms. The lowest BCUT2D eigenvalue weighted by Crippen LogP contribution is -2.08. The molecule has 0 unspecified atom stereocenters. The molecule has 0 radical (unpaired) electrons. The number of carbonyl (C=O) groups excluding carboxylic acids is 1. The van der Waals surface area contributed by atoms with Crippen LogP contribution in [0.4, 0.5) is 0 Å². The van der Waals surface area contributed by atoms with Gasteiger partial charge in [0.05, 0.1) is 12.2 Å². The average Bonchev–Trinajstić information content (AvgIpc) is 2.76. The maximum Gasteiger partial charge on any atom is 0.338 e. The van der Waals surface area contributed by atoms with E-state index in [-0.39, 0.29) is 5.97 Å². The van der Waals surface area contributed by atoms with E-state index >= 15 is 0 Å². The minimum atomic E-state index is -0.230. The zero-order chi connectivity index (χ0) is 13.1. The third-order valence-corrected chi connectivity index (χ3v) is 4.18. The molecular weight excluding hydrogens is 292 g/mol. The molecule has 0 aliphatic heterocycles. The van der Waals surface area contributed by atoms with Crippen LogP contribution >= 0.6 is 15.9 Å². The topological polar surface area (TPSA) is 26.3 Å². The highest BCUT2D eigenvalue weighted by Crippen LogP contribution is 2.38. The van der Waals surface area contributed by atoms with Crippen LogP contribution in [0.2, 0.25) is 0 Å². The molecule has 1 aliphatic rings. The minimum Gasteiger partial charge on any atom is -0.462 e. The Morgan fingerprint density at radius 1 is 1.39 bits per heavy atom. The highest BCUT2D eigenvalue weighted by molar-refractivity contribution is 9.11. The summed E-state index contributed by atoms with van der Waals surface area (Å²) >= 11 is 3.63. The SMILES string of the molecule is CCOC(=O)c1cccc(C2=C(Br)CCC2)c1C. The lowest BCUT2D eigenvalue weighted by Gasteiger charge is -2.12. The molecule has 0 aromatic heterocycles. The van der Waals surface area contributed by atoms with Gasteiger partial charge in [-0.05, 0) is 60.4 Å². The van der Waals surface area contributed by atoms with Crippen LogP contribution in [-0.2, 0) is 4.74 Å². The first kappa shape index (κ1) is 13.3. The summed E-state index contributed by atoms with van der Waals surface area (Å²) in [4.78, 5) is 11.9. The second-order valence-corrected chi connectivity index (χ2v) is 5.39. The van der Waals surface area contributed by atoms with Crippen LogP contribution < -0.4 is 0 Å². The second kappa shape index (κ2) is 5.70. The van der Waals surface area contributed by atoms with Gasteiger partial charge in [0.25, 0.3) is 0 Å². The van der Waals surface area contributed by atoms with Gasteiger partial charge in [0, 0.05) is 0 Å². The van der Waals surface area contributed by atoms with E-state index in [0.717, 1.165) is 18.4 Å². The number of carbonyl (C=O) groups is 1. The Morgan fingerprint density at radius 3 is 2.78 bits per heavy atom. The minimum absolute atomic E-state index is 0.230. The van der Waals surface area contributed by atoms with Crippen LogP contribution in [-0.4, -0.2) is 12.6 Å². The third-order valence-electron chi connectivity index (χ3n) is 3.30. The van der Waals surface area contributed by atoms with Crippen LogP contribution in [0.5, 0.6) is 0 Å². The quantitative estimate of drug-likeness (QED) is 0.771. The van der Waals surface area contributed by atoms with Crippen molar-refractivity contribution < 1.29 is 9.53 Å². The first-order valence-corrected chi connectivity index (χ1v) is 7.09. The van der Waals surface area contributed by atoms with Crippen LogP contribution in [0.1, 0.15) is 47.7 Å². The average molecular weight is 309 g/mol. The number of hydrogen-bond acceptors (Lipinski definition) is 2. The Hall–Kier alpha value is -1.09. The zero-order valence-corrected chi connectivity index (χ0v) is 12.3. The van der Waals surface area contributed by atoms with Crippen molar-refractivity contribution in [3.05, 3.63) is 39.4 Å².